The second-order valence-electron chi connectivity index (χ2n) is 4.16. The van der Waals surface area contributed by atoms with Crippen molar-refractivity contribution in [2.45, 2.75) is 18.9 Å². The number of benzene rings is 1. The van der Waals surface area contributed by atoms with Crippen LogP contribution >= 0.6 is 31.9 Å². The lowest BCUT2D eigenvalue weighted by Crippen LogP contribution is -2.04. The Kier molecular flexibility index (Phi) is 4.62. The number of halogens is 3. The van der Waals surface area contributed by atoms with Gasteiger partial charge in [0.1, 0.15) is 6.61 Å². The Bertz CT molecular complexity index is 599. The van der Waals surface area contributed by atoms with Crippen molar-refractivity contribution in [3.05, 3.63) is 45.4 Å². The van der Waals surface area contributed by atoms with Crippen LogP contribution in [0.5, 0.6) is 5.75 Å². The van der Waals surface area contributed by atoms with E-state index in [1.807, 2.05) is 20.0 Å². The Morgan fingerprint density at radius 2 is 2.16 bits per heavy atom. The number of ether oxygens (including phenoxy) is 1. The van der Waals surface area contributed by atoms with Crippen LogP contribution in [0.3, 0.4) is 0 Å². The molecular formula is C13H13Br2FN2O. The molecule has 6 heteroatoms. The zero-order valence-electron chi connectivity index (χ0n) is 10.6. The van der Waals surface area contributed by atoms with Crippen LogP contribution in [0, 0.1) is 12.7 Å². The minimum Gasteiger partial charge on any atom is -0.484 e. The fraction of sp³-hybridized carbons (Fsp3) is 0.308. The summed E-state index contributed by atoms with van der Waals surface area (Å²) in [4.78, 5) is 0. The maximum Gasteiger partial charge on any atom is 0.165 e. The molecule has 0 saturated heterocycles. The van der Waals surface area contributed by atoms with Crippen LogP contribution in [0.2, 0.25) is 0 Å². The van der Waals surface area contributed by atoms with E-state index in [-0.39, 0.29) is 18.2 Å². The van der Waals surface area contributed by atoms with Gasteiger partial charge in [0.05, 0.1) is 15.9 Å². The lowest BCUT2D eigenvalue weighted by Gasteiger charge is -2.09. The normalized spacial score (nSPS) is 10.8. The highest BCUT2D eigenvalue weighted by Gasteiger charge is 2.12. The maximum atomic E-state index is 13.8. The van der Waals surface area contributed by atoms with Crippen molar-refractivity contribution < 1.29 is 9.13 Å². The number of nitrogens with zero attached hydrogens (tertiary/aromatic N) is 2. The first-order valence-corrected chi connectivity index (χ1v) is 7.59. The number of alkyl halides is 1. The molecule has 3 nitrogen and oxygen atoms in total. The molecule has 0 fully saturated rings. The number of aromatic nitrogens is 2. The first kappa shape index (κ1) is 14.5. The van der Waals surface area contributed by atoms with Gasteiger partial charge in [-0.05, 0) is 40.5 Å². The Hall–Kier alpha value is -0.880. The van der Waals surface area contributed by atoms with Gasteiger partial charge >= 0.3 is 0 Å². The molecule has 0 atom stereocenters. The molecule has 0 bridgehead atoms. The number of hydrogen-bond donors (Lipinski definition) is 0. The van der Waals surface area contributed by atoms with E-state index in [0.717, 1.165) is 21.4 Å². The predicted octanol–water partition coefficient (Wildman–Crippen LogP) is 4.10. The lowest BCUT2D eigenvalue weighted by molar-refractivity contribution is 0.279. The largest absolute Gasteiger partial charge is 0.484 e. The smallest absolute Gasteiger partial charge is 0.165 e. The van der Waals surface area contributed by atoms with Gasteiger partial charge in [-0.3, -0.25) is 4.68 Å². The van der Waals surface area contributed by atoms with Crippen molar-refractivity contribution in [1.82, 2.24) is 9.78 Å². The highest BCUT2D eigenvalue weighted by atomic mass is 79.9. The lowest BCUT2D eigenvalue weighted by atomic mass is 10.2. The van der Waals surface area contributed by atoms with Gasteiger partial charge in [0.25, 0.3) is 0 Å². The fourth-order valence-electron chi connectivity index (χ4n) is 1.73. The van der Waals surface area contributed by atoms with Crippen LogP contribution in [-0.2, 0) is 19.0 Å². The molecule has 1 aromatic heterocycles. The third kappa shape index (κ3) is 3.17. The minimum atomic E-state index is -0.355. The molecule has 102 valence electrons. The van der Waals surface area contributed by atoms with Crippen molar-refractivity contribution in [2.24, 2.45) is 7.05 Å². The molecule has 2 aromatic rings. The first-order chi connectivity index (χ1) is 9.02. The zero-order chi connectivity index (χ0) is 14.0. The Balaban J connectivity index is 2.14. The molecule has 0 aliphatic heterocycles. The third-order valence-corrected chi connectivity index (χ3v) is 4.46. The van der Waals surface area contributed by atoms with E-state index in [1.54, 1.807) is 10.7 Å². The standard InChI is InChI=1S/C13H13Br2FN2O/c1-8-13(15)11(18(2)17-8)7-19-12-4-3-9(6-14)5-10(12)16/h3-5H,6-7H2,1-2H3. The first-order valence-electron chi connectivity index (χ1n) is 5.68. The Morgan fingerprint density at radius 3 is 2.68 bits per heavy atom. The van der Waals surface area contributed by atoms with Gasteiger partial charge in [-0.25, -0.2) is 4.39 Å². The molecule has 19 heavy (non-hydrogen) atoms. The Morgan fingerprint density at radius 1 is 1.42 bits per heavy atom. The highest BCUT2D eigenvalue weighted by molar-refractivity contribution is 9.10. The summed E-state index contributed by atoms with van der Waals surface area (Å²) in [6.45, 7) is 2.17. The maximum absolute atomic E-state index is 13.8. The van der Waals surface area contributed by atoms with E-state index in [4.69, 9.17) is 4.74 Å². The second kappa shape index (κ2) is 6.05. The van der Waals surface area contributed by atoms with Gasteiger partial charge in [0.2, 0.25) is 0 Å². The molecule has 0 aliphatic rings. The molecule has 0 N–H and O–H groups in total. The Labute approximate surface area is 128 Å². The quantitative estimate of drug-likeness (QED) is 0.733. The van der Waals surface area contributed by atoms with Gasteiger partial charge in [-0.2, -0.15) is 5.10 Å². The van der Waals surface area contributed by atoms with Crippen LogP contribution in [-0.4, -0.2) is 9.78 Å². The summed E-state index contributed by atoms with van der Waals surface area (Å²) in [5, 5.41) is 4.88. The second-order valence-corrected chi connectivity index (χ2v) is 5.51. The average molecular weight is 392 g/mol. The summed E-state index contributed by atoms with van der Waals surface area (Å²) in [6.07, 6.45) is 0. The molecule has 0 amide bonds. The van der Waals surface area contributed by atoms with Crippen LogP contribution in [0.1, 0.15) is 17.0 Å². The summed E-state index contributed by atoms with van der Waals surface area (Å²) in [5.74, 6) is -0.109. The zero-order valence-corrected chi connectivity index (χ0v) is 13.8. The van der Waals surface area contributed by atoms with Gasteiger partial charge in [0, 0.05) is 12.4 Å². The third-order valence-electron chi connectivity index (χ3n) is 2.78. The van der Waals surface area contributed by atoms with Crippen LogP contribution in [0.4, 0.5) is 4.39 Å². The molecular weight excluding hydrogens is 379 g/mol. The molecule has 1 aromatic carbocycles. The van der Waals surface area contributed by atoms with Gasteiger partial charge in [0.15, 0.2) is 11.6 Å². The van der Waals surface area contributed by atoms with Crippen molar-refractivity contribution in [3.8, 4) is 5.75 Å². The molecule has 0 radical (unpaired) electrons. The highest BCUT2D eigenvalue weighted by Crippen LogP contribution is 2.24. The van der Waals surface area contributed by atoms with Crippen molar-refractivity contribution >= 4 is 31.9 Å². The molecule has 0 unspecified atom stereocenters. The summed E-state index contributed by atoms with van der Waals surface area (Å²) in [7, 11) is 1.83. The van der Waals surface area contributed by atoms with E-state index in [9.17, 15) is 4.39 Å². The SMILES string of the molecule is Cc1nn(C)c(COc2ccc(CBr)cc2F)c1Br. The number of aryl methyl sites for hydroxylation is 2. The summed E-state index contributed by atoms with van der Waals surface area (Å²) in [5.41, 5.74) is 2.64. The van der Waals surface area contributed by atoms with Crippen LogP contribution in [0.25, 0.3) is 0 Å². The topological polar surface area (TPSA) is 27.1 Å². The van der Waals surface area contributed by atoms with Gasteiger partial charge in [-0.1, -0.05) is 22.0 Å². The van der Waals surface area contributed by atoms with E-state index in [2.05, 4.69) is 37.0 Å². The van der Waals surface area contributed by atoms with Gasteiger partial charge in [-0.15, -0.1) is 0 Å². The molecule has 0 saturated carbocycles. The number of rotatable bonds is 4. The van der Waals surface area contributed by atoms with E-state index >= 15 is 0 Å². The average Bonchev–Trinajstić information content (AvgIpc) is 2.62. The van der Waals surface area contributed by atoms with E-state index < -0.39 is 0 Å². The molecule has 0 aliphatic carbocycles. The predicted molar refractivity (Wildman–Crippen MR) is 79.0 cm³/mol. The molecule has 0 spiro atoms. The monoisotopic (exact) mass is 390 g/mol. The van der Waals surface area contributed by atoms with E-state index in [1.165, 1.54) is 6.07 Å². The number of hydrogen-bond acceptors (Lipinski definition) is 2. The van der Waals surface area contributed by atoms with Gasteiger partial charge < -0.3 is 4.74 Å². The fourth-order valence-corrected chi connectivity index (χ4v) is 2.53. The summed E-state index contributed by atoms with van der Waals surface area (Å²) >= 11 is 6.74. The molecule has 1 heterocycles. The van der Waals surface area contributed by atoms with Crippen molar-refractivity contribution in [2.75, 3.05) is 0 Å². The summed E-state index contributed by atoms with van der Waals surface area (Å²) in [6, 6.07) is 4.94. The molecule has 2 rings (SSSR count). The van der Waals surface area contributed by atoms with E-state index in [0.29, 0.717) is 5.33 Å². The summed E-state index contributed by atoms with van der Waals surface area (Å²) < 4.78 is 21.9. The minimum absolute atomic E-state index is 0.246. The van der Waals surface area contributed by atoms with Crippen molar-refractivity contribution in [1.29, 1.82) is 0 Å². The van der Waals surface area contributed by atoms with Crippen molar-refractivity contribution in [3.63, 3.8) is 0 Å². The van der Waals surface area contributed by atoms with Crippen LogP contribution in [0.15, 0.2) is 22.7 Å². The van der Waals surface area contributed by atoms with Crippen LogP contribution < -0.4 is 4.74 Å².